The van der Waals surface area contributed by atoms with Crippen LogP contribution in [0.25, 0.3) is 11.0 Å². The summed E-state index contributed by atoms with van der Waals surface area (Å²) in [7, 11) is 0. The van der Waals surface area contributed by atoms with Crippen LogP contribution >= 0.6 is 0 Å². The van der Waals surface area contributed by atoms with E-state index in [9.17, 15) is 4.79 Å². The summed E-state index contributed by atoms with van der Waals surface area (Å²) in [6.45, 7) is 10.1. The molecule has 1 aromatic carbocycles. The van der Waals surface area contributed by atoms with Gasteiger partial charge in [-0.2, -0.15) is 0 Å². The first-order chi connectivity index (χ1) is 11.6. The number of imidazole rings is 1. The van der Waals surface area contributed by atoms with Gasteiger partial charge in [0, 0.05) is 26.2 Å². The minimum Gasteiger partial charge on any atom is -0.397 e. The first kappa shape index (κ1) is 16.9. The molecule has 0 aliphatic carbocycles. The number of aryl methyl sites for hydroxylation is 2. The number of fused-ring (bicyclic) bond motifs is 1. The fourth-order valence-corrected chi connectivity index (χ4v) is 3.77. The zero-order chi connectivity index (χ0) is 17.3. The van der Waals surface area contributed by atoms with Crippen molar-refractivity contribution in [2.75, 3.05) is 23.7 Å². The predicted molar refractivity (Wildman–Crippen MR) is 102 cm³/mol. The molecule has 0 spiro atoms. The van der Waals surface area contributed by atoms with Crippen LogP contribution in [-0.4, -0.2) is 22.2 Å². The molecule has 0 amide bonds. The second-order valence-electron chi connectivity index (χ2n) is 7.16. The van der Waals surface area contributed by atoms with Crippen LogP contribution in [0, 0.1) is 5.92 Å². The van der Waals surface area contributed by atoms with Crippen LogP contribution < -0.4 is 16.3 Å². The Morgan fingerprint density at radius 3 is 2.12 bits per heavy atom. The van der Waals surface area contributed by atoms with Gasteiger partial charge in [0.25, 0.3) is 0 Å². The molecule has 0 saturated carbocycles. The zero-order valence-electron chi connectivity index (χ0n) is 15.2. The highest BCUT2D eigenvalue weighted by molar-refractivity contribution is 5.88. The Hall–Kier alpha value is -1.91. The lowest BCUT2D eigenvalue weighted by molar-refractivity contribution is 0.439. The number of nitrogens with two attached hydrogens (primary N) is 1. The minimum atomic E-state index is 0.0949. The Morgan fingerprint density at radius 1 is 1.04 bits per heavy atom. The van der Waals surface area contributed by atoms with Crippen molar-refractivity contribution in [3.05, 3.63) is 22.6 Å². The molecule has 0 atom stereocenters. The van der Waals surface area contributed by atoms with Gasteiger partial charge in [0.1, 0.15) is 0 Å². The number of piperidine rings is 1. The molecule has 0 unspecified atom stereocenters. The summed E-state index contributed by atoms with van der Waals surface area (Å²) in [5, 5.41) is 0. The summed E-state index contributed by atoms with van der Waals surface area (Å²) in [5.41, 5.74) is 10.4. The van der Waals surface area contributed by atoms with Crippen molar-refractivity contribution in [3.63, 3.8) is 0 Å². The van der Waals surface area contributed by atoms with Crippen molar-refractivity contribution >= 4 is 22.4 Å². The fraction of sp³-hybridized carbons (Fsp3) is 0.632. The van der Waals surface area contributed by atoms with Crippen molar-refractivity contribution < 1.29 is 0 Å². The monoisotopic (exact) mass is 330 g/mol. The molecule has 24 heavy (non-hydrogen) atoms. The molecule has 1 aromatic heterocycles. The third-order valence-corrected chi connectivity index (χ3v) is 5.19. The van der Waals surface area contributed by atoms with Gasteiger partial charge in [-0.1, -0.05) is 20.8 Å². The van der Waals surface area contributed by atoms with Gasteiger partial charge in [-0.25, -0.2) is 4.79 Å². The highest BCUT2D eigenvalue weighted by atomic mass is 16.1. The maximum absolute atomic E-state index is 12.8. The summed E-state index contributed by atoms with van der Waals surface area (Å²) in [6.07, 6.45) is 4.30. The van der Waals surface area contributed by atoms with E-state index in [0.29, 0.717) is 0 Å². The van der Waals surface area contributed by atoms with Gasteiger partial charge in [-0.3, -0.25) is 9.13 Å². The molecular formula is C19H30N4O. The molecule has 5 heteroatoms. The molecule has 0 bridgehead atoms. The Labute approximate surface area is 144 Å². The van der Waals surface area contributed by atoms with E-state index >= 15 is 0 Å². The van der Waals surface area contributed by atoms with Gasteiger partial charge in [0.2, 0.25) is 0 Å². The number of nitrogen functional groups attached to an aromatic ring is 1. The van der Waals surface area contributed by atoms with E-state index in [0.717, 1.165) is 67.3 Å². The summed E-state index contributed by atoms with van der Waals surface area (Å²) in [4.78, 5) is 15.2. The number of hydrogen-bond acceptors (Lipinski definition) is 3. The summed E-state index contributed by atoms with van der Waals surface area (Å²) in [6, 6.07) is 4.15. The van der Waals surface area contributed by atoms with Gasteiger partial charge in [-0.05, 0) is 43.7 Å². The van der Waals surface area contributed by atoms with Gasteiger partial charge in [-0.15, -0.1) is 0 Å². The first-order valence-electron chi connectivity index (χ1n) is 9.34. The van der Waals surface area contributed by atoms with Crippen LogP contribution in [0.4, 0.5) is 11.4 Å². The third kappa shape index (κ3) is 2.92. The van der Waals surface area contributed by atoms with E-state index in [1.807, 2.05) is 15.2 Å². The van der Waals surface area contributed by atoms with Crippen LogP contribution in [0.5, 0.6) is 0 Å². The van der Waals surface area contributed by atoms with Crippen LogP contribution in [0.1, 0.15) is 46.5 Å². The number of hydrogen-bond donors (Lipinski definition) is 1. The predicted octanol–water partition coefficient (Wildman–Crippen LogP) is 3.44. The van der Waals surface area contributed by atoms with Gasteiger partial charge in [0.05, 0.1) is 22.4 Å². The van der Waals surface area contributed by atoms with Crippen LogP contribution in [0.2, 0.25) is 0 Å². The van der Waals surface area contributed by atoms with Gasteiger partial charge >= 0.3 is 5.69 Å². The molecule has 1 fully saturated rings. The van der Waals surface area contributed by atoms with Crippen LogP contribution in [-0.2, 0) is 13.1 Å². The number of aromatic nitrogens is 2. The molecule has 2 N–H and O–H groups in total. The zero-order valence-corrected chi connectivity index (χ0v) is 15.2. The number of anilines is 2. The minimum absolute atomic E-state index is 0.0949. The smallest absolute Gasteiger partial charge is 0.329 e. The maximum atomic E-state index is 12.8. The topological polar surface area (TPSA) is 56.2 Å². The van der Waals surface area contributed by atoms with E-state index in [2.05, 4.69) is 31.7 Å². The Kier molecular flexibility index (Phi) is 4.88. The van der Waals surface area contributed by atoms with E-state index in [1.165, 1.54) is 12.8 Å². The second-order valence-corrected chi connectivity index (χ2v) is 7.16. The lowest BCUT2D eigenvalue weighted by Crippen LogP contribution is -2.33. The molecular weight excluding hydrogens is 300 g/mol. The molecule has 132 valence electrons. The summed E-state index contributed by atoms with van der Waals surface area (Å²) < 4.78 is 3.80. The van der Waals surface area contributed by atoms with E-state index < -0.39 is 0 Å². The first-order valence-corrected chi connectivity index (χ1v) is 9.34. The lowest BCUT2D eigenvalue weighted by atomic mass is 9.98. The van der Waals surface area contributed by atoms with Crippen LogP contribution in [0.3, 0.4) is 0 Å². The Morgan fingerprint density at radius 2 is 1.58 bits per heavy atom. The molecule has 1 saturated heterocycles. The SMILES string of the molecule is CCCn1c(=O)n(CCC)c2cc(N3CCC(C)CC3)c(N)cc21. The van der Waals surface area contributed by atoms with Crippen molar-refractivity contribution in [1.29, 1.82) is 0 Å². The Balaban J connectivity index is 2.11. The third-order valence-electron chi connectivity index (χ3n) is 5.19. The number of nitrogens with zero attached hydrogens (tertiary/aromatic N) is 3. The standard InChI is InChI=1S/C19H30N4O/c1-4-8-22-17-12-15(20)16(21-10-6-14(3)7-11-21)13-18(17)23(9-5-2)19(22)24/h12-14H,4-11,20H2,1-3H3. The summed E-state index contributed by atoms with van der Waals surface area (Å²) in [5.74, 6) is 0.787. The van der Waals surface area contributed by atoms with E-state index in [-0.39, 0.29) is 5.69 Å². The quantitative estimate of drug-likeness (QED) is 0.854. The molecule has 3 rings (SSSR count). The fourth-order valence-electron chi connectivity index (χ4n) is 3.77. The number of benzene rings is 1. The normalized spacial score (nSPS) is 16.2. The van der Waals surface area contributed by atoms with Crippen molar-refractivity contribution in [2.24, 2.45) is 5.92 Å². The molecule has 1 aliphatic heterocycles. The van der Waals surface area contributed by atoms with Gasteiger partial charge in [0.15, 0.2) is 0 Å². The molecule has 1 aliphatic rings. The Bertz CT molecular complexity index is 766. The van der Waals surface area contributed by atoms with Crippen molar-refractivity contribution in [2.45, 2.75) is 59.5 Å². The molecule has 5 nitrogen and oxygen atoms in total. The highest BCUT2D eigenvalue weighted by Gasteiger charge is 2.21. The highest BCUT2D eigenvalue weighted by Crippen LogP contribution is 2.32. The average molecular weight is 330 g/mol. The van der Waals surface area contributed by atoms with Crippen molar-refractivity contribution in [1.82, 2.24) is 9.13 Å². The molecule has 2 heterocycles. The second kappa shape index (κ2) is 6.91. The van der Waals surface area contributed by atoms with E-state index in [4.69, 9.17) is 5.73 Å². The lowest BCUT2D eigenvalue weighted by Gasteiger charge is -2.33. The van der Waals surface area contributed by atoms with Crippen LogP contribution in [0.15, 0.2) is 16.9 Å². The van der Waals surface area contributed by atoms with Crippen molar-refractivity contribution in [3.8, 4) is 0 Å². The molecule has 2 aromatic rings. The maximum Gasteiger partial charge on any atom is 0.329 e. The molecule has 0 radical (unpaired) electrons. The average Bonchev–Trinajstić information content (AvgIpc) is 2.81. The summed E-state index contributed by atoms with van der Waals surface area (Å²) >= 11 is 0. The van der Waals surface area contributed by atoms with Gasteiger partial charge < -0.3 is 10.6 Å². The number of rotatable bonds is 5. The van der Waals surface area contributed by atoms with E-state index in [1.54, 1.807) is 0 Å². The largest absolute Gasteiger partial charge is 0.397 e.